The number of methoxy groups -OCH3 is 1. The number of ether oxygens (including phenoxy) is 4. The van der Waals surface area contributed by atoms with E-state index in [0.717, 1.165) is 0 Å². The number of esters is 1. The Morgan fingerprint density at radius 3 is 2.56 bits per heavy atom. The summed E-state index contributed by atoms with van der Waals surface area (Å²) in [6.07, 6.45) is -1.07. The van der Waals surface area contributed by atoms with Crippen molar-refractivity contribution >= 4 is 17.6 Å². The van der Waals surface area contributed by atoms with Crippen LogP contribution in [0.4, 0.5) is 10.1 Å². The van der Waals surface area contributed by atoms with Crippen LogP contribution >= 0.6 is 0 Å². The van der Waals surface area contributed by atoms with Crippen molar-refractivity contribution in [3.8, 4) is 17.2 Å². The Balaban J connectivity index is 1.69. The Morgan fingerprint density at radius 1 is 1.15 bits per heavy atom. The molecule has 3 rings (SSSR count). The Labute approximate surface area is 155 Å². The predicted octanol–water partition coefficient (Wildman–Crippen LogP) is 2.79. The van der Waals surface area contributed by atoms with Crippen molar-refractivity contribution in [1.29, 1.82) is 0 Å². The van der Waals surface area contributed by atoms with E-state index in [1.807, 2.05) is 0 Å². The SMILES string of the molecule is COc1cc(C(=O)O[C@H](C)C(=O)Nc2ccc(F)cc2)cc2c1OCCO2. The molecule has 142 valence electrons. The van der Waals surface area contributed by atoms with Crippen molar-refractivity contribution in [3.05, 3.63) is 47.8 Å². The lowest BCUT2D eigenvalue weighted by molar-refractivity contribution is -0.123. The van der Waals surface area contributed by atoms with E-state index in [4.69, 9.17) is 18.9 Å². The van der Waals surface area contributed by atoms with Crippen LogP contribution in [0.5, 0.6) is 17.2 Å². The molecule has 2 aromatic carbocycles. The van der Waals surface area contributed by atoms with Gasteiger partial charge in [-0.05, 0) is 43.3 Å². The molecule has 0 spiro atoms. The molecule has 0 saturated carbocycles. The first-order valence-corrected chi connectivity index (χ1v) is 8.23. The molecule has 0 radical (unpaired) electrons. The summed E-state index contributed by atoms with van der Waals surface area (Å²) in [5.74, 6) is -0.549. The van der Waals surface area contributed by atoms with Gasteiger partial charge in [0.2, 0.25) is 5.75 Å². The van der Waals surface area contributed by atoms with Gasteiger partial charge in [0, 0.05) is 5.69 Å². The second kappa shape index (κ2) is 7.94. The lowest BCUT2D eigenvalue weighted by Crippen LogP contribution is -2.30. The normalized spacial score (nSPS) is 13.4. The number of hydrogen-bond acceptors (Lipinski definition) is 6. The fourth-order valence-electron chi connectivity index (χ4n) is 2.45. The fourth-order valence-corrected chi connectivity index (χ4v) is 2.45. The van der Waals surface area contributed by atoms with Gasteiger partial charge in [0.25, 0.3) is 5.91 Å². The minimum Gasteiger partial charge on any atom is -0.493 e. The summed E-state index contributed by atoms with van der Waals surface area (Å²) in [5, 5.41) is 2.55. The first-order valence-electron chi connectivity index (χ1n) is 8.23. The van der Waals surface area contributed by atoms with E-state index in [0.29, 0.717) is 36.1 Å². The average Bonchev–Trinajstić information content (AvgIpc) is 2.68. The van der Waals surface area contributed by atoms with Gasteiger partial charge in [0.05, 0.1) is 12.7 Å². The average molecular weight is 375 g/mol. The standard InChI is InChI=1S/C19H18FNO6/c1-11(18(22)21-14-5-3-13(20)4-6-14)27-19(23)12-9-15(24-2)17-16(10-12)25-7-8-26-17/h3-6,9-11H,7-8H2,1-2H3,(H,21,22)/t11-/m1/s1. The first kappa shape index (κ1) is 18.5. The Morgan fingerprint density at radius 2 is 1.85 bits per heavy atom. The summed E-state index contributed by atoms with van der Waals surface area (Å²) < 4.78 is 34.3. The minimum atomic E-state index is -1.07. The largest absolute Gasteiger partial charge is 0.493 e. The molecule has 0 aromatic heterocycles. The molecule has 0 unspecified atom stereocenters. The minimum absolute atomic E-state index is 0.164. The summed E-state index contributed by atoms with van der Waals surface area (Å²) in [6, 6.07) is 8.19. The highest BCUT2D eigenvalue weighted by molar-refractivity contribution is 5.97. The zero-order valence-corrected chi connectivity index (χ0v) is 14.8. The summed E-state index contributed by atoms with van der Waals surface area (Å²) >= 11 is 0. The summed E-state index contributed by atoms with van der Waals surface area (Å²) in [5.41, 5.74) is 0.558. The van der Waals surface area contributed by atoms with Gasteiger partial charge in [-0.1, -0.05) is 0 Å². The van der Waals surface area contributed by atoms with Crippen LogP contribution in [0.2, 0.25) is 0 Å². The number of anilines is 1. The molecule has 1 heterocycles. The van der Waals surface area contributed by atoms with E-state index in [2.05, 4.69) is 5.32 Å². The number of fused-ring (bicyclic) bond motifs is 1. The highest BCUT2D eigenvalue weighted by Crippen LogP contribution is 2.40. The van der Waals surface area contributed by atoms with E-state index in [1.165, 1.54) is 50.4 Å². The summed E-state index contributed by atoms with van der Waals surface area (Å²) in [4.78, 5) is 24.6. The summed E-state index contributed by atoms with van der Waals surface area (Å²) in [6.45, 7) is 2.17. The molecule has 7 nitrogen and oxygen atoms in total. The predicted molar refractivity (Wildman–Crippen MR) is 93.9 cm³/mol. The number of carbonyl (C=O) groups is 2. The van der Waals surface area contributed by atoms with Crippen LogP contribution in [0, 0.1) is 5.82 Å². The van der Waals surface area contributed by atoms with Gasteiger partial charge in [-0.3, -0.25) is 4.79 Å². The van der Waals surface area contributed by atoms with Gasteiger partial charge < -0.3 is 24.3 Å². The number of amides is 1. The molecule has 1 amide bonds. The van der Waals surface area contributed by atoms with Gasteiger partial charge >= 0.3 is 5.97 Å². The third-order valence-corrected chi connectivity index (χ3v) is 3.83. The topological polar surface area (TPSA) is 83.1 Å². The molecule has 0 aliphatic carbocycles. The second-order valence-electron chi connectivity index (χ2n) is 5.75. The smallest absolute Gasteiger partial charge is 0.339 e. The number of benzene rings is 2. The number of carbonyl (C=O) groups excluding carboxylic acids is 2. The van der Waals surface area contributed by atoms with E-state index in [9.17, 15) is 14.0 Å². The first-order chi connectivity index (χ1) is 13.0. The highest BCUT2D eigenvalue weighted by atomic mass is 19.1. The molecular weight excluding hydrogens is 357 g/mol. The third-order valence-electron chi connectivity index (χ3n) is 3.83. The van der Waals surface area contributed by atoms with Crippen LogP contribution in [0.25, 0.3) is 0 Å². The zero-order valence-electron chi connectivity index (χ0n) is 14.8. The maximum Gasteiger partial charge on any atom is 0.339 e. The van der Waals surface area contributed by atoms with Crippen molar-refractivity contribution in [3.63, 3.8) is 0 Å². The van der Waals surface area contributed by atoms with Crippen LogP contribution < -0.4 is 19.5 Å². The molecule has 1 atom stereocenters. The van der Waals surface area contributed by atoms with Crippen LogP contribution in [-0.4, -0.2) is 38.3 Å². The zero-order chi connectivity index (χ0) is 19.4. The molecule has 2 aromatic rings. The van der Waals surface area contributed by atoms with Crippen LogP contribution in [0.15, 0.2) is 36.4 Å². The fraction of sp³-hybridized carbons (Fsp3) is 0.263. The second-order valence-corrected chi connectivity index (χ2v) is 5.75. The quantitative estimate of drug-likeness (QED) is 0.809. The molecule has 1 N–H and O–H groups in total. The Kier molecular flexibility index (Phi) is 5.44. The Hall–Kier alpha value is -3.29. The number of nitrogens with one attached hydrogen (secondary N) is 1. The van der Waals surface area contributed by atoms with Gasteiger partial charge in [-0.2, -0.15) is 0 Å². The number of hydrogen-bond donors (Lipinski definition) is 1. The van der Waals surface area contributed by atoms with Crippen LogP contribution in [0.1, 0.15) is 17.3 Å². The lowest BCUT2D eigenvalue weighted by Gasteiger charge is -2.21. The van der Waals surface area contributed by atoms with Gasteiger partial charge in [0.1, 0.15) is 19.0 Å². The molecule has 8 heteroatoms. The van der Waals surface area contributed by atoms with Gasteiger partial charge in [0.15, 0.2) is 17.6 Å². The van der Waals surface area contributed by atoms with Gasteiger partial charge in [-0.15, -0.1) is 0 Å². The monoisotopic (exact) mass is 375 g/mol. The van der Waals surface area contributed by atoms with Gasteiger partial charge in [-0.25, -0.2) is 9.18 Å². The molecule has 0 fully saturated rings. The van der Waals surface area contributed by atoms with Crippen molar-refractivity contribution in [2.45, 2.75) is 13.0 Å². The van der Waals surface area contributed by atoms with Crippen molar-refractivity contribution < 1.29 is 32.9 Å². The van der Waals surface area contributed by atoms with Crippen molar-refractivity contribution in [2.24, 2.45) is 0 Å². The van der Waals surface area contributed by atoms with E-state index < -0.39 is 23.8 Å². The molecule has 0 bridgehead atoms. The third kappa shape index (κ3) is 4.28. The lowest BCUT2D eigenvalue weighted by atomic mass is 10.1. The number of rotatable bonds is 5. The van der Waals surface area contributed by atoms with Crippen LogP contribution in [-0.2, 0) is 9.53 Å². The van der Waals surface area contributed by atoms with Crippen molar-refractivity contribution in [2.75, 3.05) is 25.6 Å². The molecule has 0 saturated heterocycles. The maximum absolute atomic E-state index is 12.9. The van der Waals surface area contributed by atoms with E-state index in [1.54, 1.807) is 0 Å². The Bertz CT molecular complexity index is 835. The van der Waals surface area contributed by atoms with E-state index >= 15 is 0 Å². The van der Waals surface area contributed by atoms with Crippen molar-refractivity contribution in [1.82, 2.24) is 0 Å². The number of halogens is 1. The summed E-state index contributed by atoms with van der Waals surface area (Å²) in [7, 11) is 1.45. The highest BCUT2D eigenvalue weighted by Gasteiger charge is 2.24. The molecular formula is C19H18FNO6. The van der Waals surface area contributed by atoms with Crippen LogP contribution in [0.3, 0.4) is 0 Å². The van der Waals surface area contributed by atoms with E-state index in [-0.39, 0.29) is 5.56 Å². The molecule has 27 heavy (non-hydrogen) atoms. The molecule has 1 aliphatic heterocycles. The molecule has 1 aliphatic rings. The maximum atomic E-state index is 12.9.